The van der Waals surface area contributed by atoms with Gasteiger partial charge in [0.05, 0.1) is 12.5 Å². The largest absolute Gasteiger partial charge is 0.359 e. The number of nitrogens with zero attached hydrogens (tertiary/aromatic N) is 2. The molecule has 21 heavy (non-hydrogen) atoms. The zero-order valence-electron chi connectivity index (χ0n) is 13.4. The molecule has 0 aromatic carbocycles. The maximum Gasteiger partial charge on any atom is 0.240 e. The van der Waals surface area contributed by atoms with E-state index < -0.39 is 0 Å². The Morgan fingerprint density at radius 3 is 2.67 bits per heavy atom. The summed E-state index contributed by atoms with van der Waals surface area (Å²) < 4.78 is 5.28. The van der Waals surface area contributed by atoms with Crippen LogP contribution in [0, 0.1) is 5.92 Å². The zero-order valence-corrected chi connectivity index (χ0v) is 13.4. The van der Waals surface area contributed by atoms with Crippen LogP contribution in [0.1, 0.15) is 58.2 Å². The van der Waals surface area contributed by atoms with E-state index in [1.165, 1.54) is 0 Å². The van der Waals surface area contributed by atoms with Gasteiger partial charge >= 0.3 is 0 Å². The standard InChI is InChI=1S/C15H26N4O2/c1-15(2,3)14-18-12(21-19-14)9-17-11-8-6-5-7-10(11)13(20)16-4/h10-11,17H,5-9H2,1-4H3,(H,16,20)/t10-,11-/m1/s1. The molecular weight excluding hydrogens is 268 g/mol. The van der Waals surface area contributed by atoms with Crippen LogP contribution < -0.4 is 10.6 Å². The smallest absolute Gasteiger partial charge is 0.240 e. The van der Waals surface area contributed by atoms with Crippen LogP contribution in [0.4, 0.5) is 0 Å². The van der Waals surface area contributed by atoms with E-state index >= 15 is 0 Å². The van der Waals surface area contributed by atoms with E-state index in [9.17, 15) is 4.79 Å². The molecule has 0 bridgehead atoms. The first-order valence-corrected chi connectivity index (χ1v) is 7.70. The molecule has 2 rings (SSSR count). The van der Waals surface area contributed by atoms with E-state index in [4.69, 9.17) is 4.52 Å². The van der Waals surface area contributed by atoms with E-state index in [-0.39, 0.29) is 23.3 Å². The van der Waals surface area contributed by atoms with Gasteiger partial charge in [0.1, 0.15) is 0 Å². The second kappa shape index (κ2) is 6.56. The zero-order chi connectivity index (χ0) is 15.5. The summed E-state index contributed by atoms with van der Waals surface area (Å²) in [6, 6.07) is 0.184. The van der Waals surface area contributed by atoms with Gasteiger partial charge in [-0.25, -0.2) is 0 Å². The molecule has 0 unspecified atom stereocenters. The molecule has 0 aliphatic heterocycles. The fourth-order valence-corrected chi connectivity index (χ4v) is 2.72. The number of amides is 1. The first-order chi connectivity index (χ1) is 9.91. The van der Waals surface area contributed by atoms with Crippen molar-refractivity contribution in [2.75, 3.05) is 7.05 Å². The summed E-state index contributed by atoms with van der Waals surface area (Å²) in [6.07, 6.45) is 4.22. The highest BCUT2D eigenvalue weighted by molar-refractivity contribution is 5.79. The Labute approximate surface area is 126 Å². The quantitative estimate of drug-likeness (QED) is 0.884. The molecule has 1 aliphatic carbocycles. The number of nitrogens with one attached hydrogen (secondary N) is 2. The molecule has 0 radical (unpaired) electrons. The minimum Gasteiger partial charge on any atom is -0.359 e. The topological polar surface area (TPSA) is 80.0 Å². The first-order valence-electron chi connectivity index (χ1n) is 7.70. The molecular formula is C15H26N4O2. The van der Waals surface area contributed by atoms with Crippen LogP contribution in [-0.4, -0.2) is 29.1 Å². The lowest BCUT2D eigenvalue weighted by Crippen LogP contribution is -2.45. The van der Waals surface area contributed by atoms with E-state index in [0.29, 0.717) is 18.3 Å². The monoisotopic (exact) mass is 294 g/mol. The summed E-state index contributed by atoms with van der Waals surface area (Å²) in [5.74, 6) is 1.45. The molecule has 2 N–H and O–H groups in total. The highest BCUT2D eigenvalue weighted by atomic mass is 16.5. The molecule has 1 aliphatic rings. The number of rotatable bonds is 4. The summed E-state index contributed by atoms with van der Waals surface area (Å²) in [7, 11) is 1.70. The van der Waals surface area contributed by atoms with Gasteiger partial charge in [0, 0.05) is 18.5 Å². The van der Waals surface area contributed by atoms with Crippen molar-refractivity contribution in [3.63, 3.8) is 0 Å². The Morgan fingerprint density at radius 1 is 1.33 bits per heavy atom. The highest BCUT2D eigenvalue weighted by Gasteiger charge is 2.30. The maximum atomic E-state index is 11.9. The van der Waals surface area contributed by atoms with Crippen molar-refractivity contribution in [3.05, 3.63) is 11.7 Å². The molecule has 2 atom stereocenters. The van der Waals surface area contributed by atoms with Gasteiger partial charge < -0.3 is 15.2 Å². The van der Waals surface area contributed by atoms with Crippen LogP contribution in [0.25, 0.3) is 0 Å². The van der Waals surface area contributed by atoms with E-state index in [2.05, 4.69) is 41.5 Å². The van der Waals surface area contributed by atoms with Gasteiger partial charge in [-0.1, -0.05) is 38.8 Å². The molecule has 1 saturated carbocycles. The van der Waals surface area contributed by atoms with Crippen molar-refractivity contribution in [1.29, 1.82) is 0 Å². The Morgan fingerprint density at radius 2 is 2.05 bits per heavy atom. The van der Waals surface area contributed by atoms with Crippen molar-refractivity contribution in [3.8, 4) is 0 Å². The van der Waals surface area contributed by atoms with Crippen LogP contribution in [0.5, 0.6) is 0 Å². The van der Waals surface area contributed by atoms with Gasteiger partial charge in [-0.3, -0.25) is 4.79 Å². The average Bonchev–Trinajstić information content (AvgIpc) is 2.93. The van der Waals surface area contributed by atoms with Crippen molar-refractivity contribution in [2.24, 2.45) is 5.92 Å². The SMILES string of the molecule is CNC(=O)[C@@H]1CCCC[C@H]1NCc1nc(C(C)(C)C)no1. The molecule has 6 nitrogen and oxygen atoms in total. The summed E-state index contributed by atoms with van der Waals surface area (Å²) >= 11 is 0. The predicted octanol–water partition coefficient (Wildman–Crippen LogP) is 1.76. The molecule has 1 aromatic heterocycles. The van der Waals surface area contributed by atoms with Gasteiger partial charge in [-0.15, -0.1) is 0 Å². The van der Waals surface area contributed by atoms with E-state index in [1.54, 1.807) is 7.05 Å². The number of carbonyl (C=O) groups excluding carboxylic acids is 1. The van der Waals surface area contributed by atoms with Crippen LogP contribution in [0.3, 0.4) is 0 Å². The molecule has 118 valence electrons. The minimum absolute atomic E-state index is 0.0359. The van der Waals surface area contributed by atoms with Gasteiger partial charge in [0.2, 0.25) is 11.8 Å². The van der Waals surface area contributed by atoms with Crippen molar-refractivity contribution in [1.82, 2.24) is 20.8 Å². The Kier molecular flexibility index (Phi) is 4.98. The molecule has 1 aromatic rings. The molecule has 6 heteroatoms. The summed E-state index contributed by atoms with van der Waals surface area (Å²) in [6.45, 7) is 6.68. The van der Waals surface area contributed by atoms with Crippen LogP contribution in [0.2, 0.25) is 0 Å². The second-order valence-corrected chi connectivity index (χ2v) is 6.75. The maximum absolute atomic E-state index is 11.9. The number of hydrogen-bond donors (Lipinski definition) is 2. The number of hydrogen-bond acceptors (Lipinski definition) is 5. The van der Waals surface area contributed by atoms with E-state index in [0.717, 1.165) is 25.7 Å². The van der Waals surface area contributed by atoms with Crippen molar-refractivity contribution in [2.45, 2.75) is 64.5 Å². The van der Waals surface area contributed by atoms with Crippen LogP contribution in [-0.2, 0) is 16.8 Å². The molecule has 0 spiro atoms. The highest BCUT2D eigenvalue weighted by Crippen LogP contribution is 2.25. The molecule has 1 amide bonds. The van der Waals surface area contributed by atoms with E-state index in [1.807, 2.05) is 0 Å². The van der Waals surface area contributed by atoms with Gasteiger partial charge in [-0.2, -0.15) is 4.98 Å². The lowest BCUT2D eigenvalue weighted by Gasteiger charge is -2.30. The summed E-state index contributed by atoms with van der Waals surface area (Å²) in [4.78, 5) is 16.3. The Balaban J connectivity index is 1.94. The first kappa shape index (κ1) is 15.9. The number of aromatic nitrogens is 2. The number of carbonyl (C=O) groups is 1. The second-order valence-electron chi connectivity index (χ2n) is 6.75. The third kappa shape index (κ3) is 4.03. The van der Waals surface area contributed by atoms with Gasteiger partial charge in [-0.05, 0) is 12.8 Å². The lowest BCUT2D eigenvalue weighted by atomic mass is 9.84. The average molecular weight is 294 g/mol. The Bertz CT molecular complexity index is 478. The van der Waals surface area contributed by atoms with Crippen LogP contribution >= 0.6 is 0 Å². The predicted molar refractivity (Wildman–Crippen MR) is 79.7 cm³/mol. The molecule has 0 saturated heterocycles. The van der Waals surface area contributed by atoms with Gasteiger partial charge in [0.15, 0.2) is 5.82 Å². The normalized spacial score (nSPS) is 23.0. The Hall–Kier alpha value is -1.43. The molecule has 1 fully saturated rings. The third-order valence-electron chi connectivity index (χ3n) is 4.00. The fraction of sp³-hybridized carbons (Fsp3) is 0.800. The van der Waals surface area contributed by atoms with Crippen LogP contribution in [0.15, 0.2) is 4.52 Å². The lowest BCUT2D eigenvalue weighted by molar-refractivity contribution is -0.126. The fourth-order valence-electron chi connectivity index (χ4n) is 2.72. The van der Waals surface area contributed by atoms with Gasteiger partial charge in [0.25, 0.3) is 0 Å². The summed E-state index contributed by atoms with van der Waals surface area (Å²) in [5, 5.41) is 10.2. The summed E-state index contributed by atoms with van der Waals surface area (Å²) in [5.41, 5.74) is -0.114. The van der Waals surface area contributed by atoms with Crippen molar-refractivity contribution < 1.29 is 9.32 Å². The third-order valence-corrected chi connectivity index (χ3v) is 4.00. The molecule has 1 heterocycles. The minimum atomic E-state index is -0.114. The van der Waals surface area contributed by atoms with Crippen molar-refractivity contribution >= 4 is 5.91 Å².